The summed E-state index contributed by atoms with van der Waals surface area (Å²) in [5.74, 6) is -1.42. The van der Waals surface area contributed by atoms with Crippen LogP contribution in [-0.4, -0.2) is 28.2 Å². The summed E-state index contributed by atoms with van der Waals surface area (Å²) >= 11 is 0. The molecule has 0 saturated carbocycles. The number of aliphatic carboxylic acids is 1. The lowest BCUT2D eigenvalue weighted by atomic mass is 10.2. The Morgan fingerprint density at radius 2 is 2.24 bits per heavy atom. The molecule has 1 N–H and O–H groups in total. The van der Waals surface area contributed by atoms with Crippen LogP contribution in [0.2, 0.25) is 0 Å². The highest BCUT2D eigenvalue weighted by Crippen LogP contribution is 2.24. The van der Waals surface area contributed by atoms with Crippen LogP contribution in [0.4, 0.5) is 4.39 Å². The summed E-state index contributed by atoms with van der Waals surface area (Å²) in [6.07, 6.45) is -0.331. The number of fused-ring (bicyclic) bond motifs is 1. The minimum absolute atomic E-state index is 0.0457. The molecule has 0 aliphatic carbocycles. The van der Waals surface area contributed by atoms with Gasteiger partial charge < -0.3 is 9.84 Å². The Kier molecular flexibility index (Phi) is 2.86. The molecule has 1 aromatic carbocycles. The molecule has 0 saturated heterocycles. The van der Waals surface area contributed by atoms with E-state index in [9.17, 15) is 9.18 Å². The van der Waals surface area contributed by atoms with Gasteiger partial charge in [0.1, 0.15) is 18.1 Å². The Balaban J connectivity index is 2.66. The van der Waals surface area contributed by atoms with E-state index < -0.39 is 11.8 Å². The first-order valence-electron chi connectivity index (χ1n) is 4.82. The van der Waals surface area contributed by atoms with Crippen molar-refractivity contribution in [1.82, 2.24) is 9.97 Å². The molecule has 0 unspecified atom stereocenters. The Bertz CT molecular complexity index is 586. The van der Waals surface area contributed by atoms with Gasteiger partial charge in [0.2, 0.25) is 5.88 Å². The number of carbonyl (C=O) groups is 1. The van der Waals surface area contributed by atoms with Crippen molar-refractivity contribution in [3.8, 4) is 5.88 Å². The van der Waals surface area contributed by atoms with E-state index in [0.29, 0.717) is 5.52 Å². The predicted octanol–water partition coefficient (Wildman–Crippen LogP) is 1.40. The maximum absolute atomic E-state index is 13.6. The van der Waals surface area contributed by atoms with Gasteiger partial charge in [0.05, 0.1) is 18.0 Å². The summed E-state index contributed by atoms with van der Waals surface area (Å²) in [7, 11) is 1.35. The molecule has 1 aromatic heterocycles. The number of benzene rings is 1. The largest absolute Gasteiger partial charge is 0.481 e. The van der Waals surface area contributed by atoms with E-state index in [-0.39, 0.29) is 23.5 Å². The minimum atomic E-state index is -1.05. The maximum Gasteiger partial charge on any atom is 0.311 e. The average Bonchev–Trinajstić information content (AvgIpc) is 2.27. The van der Waals surface area contributed by atoms with Crippen molar-refractivity contribution in [3.63, 3.8) is 0 Å². The first kappa shape index (κ1) is 11.3. The number of aromatic nitrogens is 2. The number of hydrogen-bond acceptors (Lipinski definition) is 4. The Labute approximate surface area is 95.9 Å². The van der Waals surface area contributed by atoms with Gasteiger partial charge in [-0.15, -0.1) is 0 Å². The van der Waals surface area contributed by atoms with Gasteiger partial charge in [-0.2, -0.15) is 4.98 Å². The molecule has 0 atom stereocenters. The molecule has 17 heavy (non-hydrogen) atoms. The average molecular weight is 236 g/mol. The van der Waals surface area contributed by atoms with E-state index in [1.807, 2.05) is 0 Å². The van der Waals surface area contributed by atoms with E-state index in [1.54, 1.807) is 6.07 Å². The molecule has 1 heterocycles. The lowest BCUT2D eigenvalue weighted by Crippen LogP contribution is -2.06. The fourth-order valence-electron chi connectivity index (χ4n) is 1.52. The normalized spacial score (nSPS) is 10.5. The topological polar surface area (TPSA) is 72.3 Å². The van der Waals surface area contributed by atoms with Crippen molar-refractivity contribution >= 4 is 16.9 Å². The smallest absolute Gasteiger partial charge is 0.311 e. The van der Waals surface area contributed by atoms with Crippen LogP contribution in [0.15, 0.2) is 18.2 Å². The van der Waals surface area contributed by atoms with Gasteiger partial charge >= 0.3 is 5.97 Å². The van der Waals surface area contributed by atoms with E-state index in [2.05, 4.69) is 9.97 Å². The van der Waals surface area contributed by atoms with Gasteiger partial charge in [0.25, 0.3) is 0 Å². The van der Waals surface area contributed by atoms with Crippen molar-refractivity contribution in [2.24, 2.45) is 0 Å². The van der Waals surface area contributed by atoms with Crippen molar-refractivity contribution < 1.29 is 19.0 Å². The van der Waals surface area contributed by atoms with Gasteiger partial charge in [-0.3, -0.25) is 4.79 Å². The highest BCUT2D eigenvalue weighted by Gasteiger charge is 2.13. The van der Waals surface area contributed by atoms with Crippen LogP contribution in [0.5, 0.6) is 5.88 Å². The van der Waals surface area contributed by atoms with Gasteiger partial charge in [0, 0.05) is 0 Å². The number of methoxy groups -OCH3 is 1. The Morgan fingerprint density at radius 3 is 2.88 bits per heavy atom. The van der Waals surface area contributed by atoms with E-state index in [4.69, 9.17) is 9.84 Å². The Hall–Kier alpha value is -2.24. The molecular weight excluding hydrogens is 227 g/mol. The zero-order valence-corrected chi connectivity index (χ0v) is 8.98. The second-order valence-corrected chi connectivity index (χ2v) is 3.35. The van der Waals surface area contributed by atoms with Gasteiger partial charge in [-0.1, -0.05) is 6.07 Å². The molecule has 0 spiro atoms. The van der Waals surface area contributed by atoms with Crippen LogP contribution in [0.1, 0.15) is 5.82 Å². The molecule has 0 bridgehead atoms. The molecule has 0 fully saturated rings. The third kappa shape index (κ3) is 2.15. The first-order chi connectivity index (χ1) is 8.11. The first-order valence-corrected chi connectivity index (χ1v) is 4.82. The molecule has 5 nitrogen and oxygen atoms in total. The molecule has 0 aliphatic heterocycles. The summed E-state index contributed by atoms with van der Waals surface area (Å²) in [5, 5.41) is 8.82. The third-order valence-corrected chi connectivity index (χ3v) is 2.19. The number of rotatable bonds is 3. The SMILES string of the molecule is COc1nc(CC(=O)O)nc2cccc(F)c12. The summed E-state index contributed by atoms with van der Waals surface area (Å²) < 4.78 is 18.5. The number of halogens is 1. The number of ether oxygens (including phenoxy) is 1. The highest BCUT2D eigenvalue weighted by molar-refractivity contribution is 5.84. The van der Waals surface area contributed by atoms with E-state index >= 15 is 0 Å². The number of nitrogens with zero attached hydrogens (tertiary/aromatic N) is 2. The minimum Gasteiger partial charge on any atom is -0.481 e. The van der Waals surface area contributed by atoms with Crippen LogP contribution < -0.4 is 4.74 Å². The molecule has 2 aromatic rings. The van der Waals surface area contributed by atoms with Crippen molar-refractivity contribution in [2.75, 3.05) is 7.11 Å². The van der Waals surface area contributed by atoms with Crippen molar-refractivity contribution in [1.29, 1.82) is 0 Å². The molecule has 88 valence electrons. The van der Waals surface area contributed by atoms with E-state index in [0.717, 1.165) is 0 Å². The molecule has 0 radical (unpaired) electrons. The van der Waals surface area contributed by atoms with Crippen molar-refractivity contribution in [2.45, 2.75) is 6.42 Å². The monoisotopic (exact) mass is 236 g/mol. The molecular formula is C11H9FN2O3. The van der Waals surface area contributed by atoms with Crippen LogP contribution in [0.3, 0.4) is 0 Å². The Morgan fingerprint density at radius 1 is 1.47 bits per heavy atom. The highest BCUT2D eigenvalue weighted by atomic mass is 19.1. The second-order valence-electron chi connectivity index (χ2n) is 3.35. The predicted molar refractivity (Wildman–Crippen MR) is 57.4 cm³/mol. The molecule has 0 aliphatic rings. The molecule has 6 heteroatoms. The fourth-order valence-corrected chi connectivity index (χ4v) is 1.52. The zero-order valence-electron chi connectivity index (χ0n) is 8.98. The summed E-state index contributed by atoms with van der Waals surface area (Å²) in [4.78, 5) is 18.4. The molecule has 0 amide bonds. The van der Waals surface area contributed by atoms with Crippen LogP contribution in [-0.2, 0) is 11.2 Å². The van der Waals surface area contributed by atoms with Gasteiger partial charge in [-0.05, 0) is 12.1 Å². The van der Waals surface area contributed by atoms with E-state index in [1.165, 1.54) is 19.2 Å². The number of carboxylic acid groups (broad SMARTS) is 1. The number of carboxylic acids is 1. The summed E-state index contributed by atoms with van der Waals surface area (Å²) in [5.41, 5.74) is 0.327. The third-order valence-electron chi connectivity index (χ3n) is 2.19. The fraction of sp³-hybridized carbons (Fsp3) is 0.182. The standard InChI is InChI=1S/C11H9FN2O3/c1-17-11-10-6(12)3-2-4-7(10)13-8(14-11)5-9(15)16/h2-4H,5H2,1H3,(H,15,16). The number of hydrogen-bond donors (Lipinski definition) is 1. The summed E-state index contributed by atoms with van der Waals surface area (Å²) in [6.45, 7) is 0. The maximum atomic E-state index is 13.6. The van der Waals surface area contributed by atoms with Crippen LogP contribution >= 0.6 is 0 Å². The van der Waals surface area contributed by atoms with Crippen LogP contribution in [0, 0.1) is 5.82 Å². The molecule has 2 rings (SSSR count). The van der Waals surface area contributed by atoms with Crippen molar-refractivity contribution in [3.05, 3.63) is 29.8 Å². The lowest BCUT2D eigenvalue weighted by molar-refractivity contribution is -0.136. The van der Waals surface area contributed by atoms with Gasteiger partial charge in [0.15, 0.2) is 0 Å². The van der Waals surface area contributed by atoms with Crippen LogP contribution in [0.25, 0.3) is 10.9 Å². The zero-order chi connectivity index (χ0) is 12.4. The lowest BCUT2D eigenvalue weighted by Gasteiger charge is -2.06. The van der Waals surface area contributed by atoms with Gasteiger partial charge in [-0.25, -0.2) is 9.37 Å². The summed E-state index contributed by atoms with van der Waals surface area (Å²) in [6, 6.07) is 4.34. The quantitative estimate of drug-likeness (QED) is 0.872. The second kappa shape index (κ2) is 4.32.